The van der Waals surface area contributed by atoms with Gasteiger partial charge in [0.1, 0.15) is 11.2 Å². The summed E-state index contributed by atoms with van der Waals surface area (Å²) in [5, 5.41) is 12.2. The van der Waals surface area contributed by atoms with Gasteiger partial charge in [-0.05, 0) is 65.4 Å². The van der Waals surface area contributed by atoms with E-state index in [0.29, 0.717) is 0 Å². The minimum atomic E-state index is 0.901. The van der Waals surface area contributed by atoms with Gasteiger partial charge in [0.2, 0.25) is 0 Å². The Hall–Kier alpha value is -6.32. The molecule has 0 N–H and O–H groups in total. The Morgan fingerprint density at radius 3 is 1.51 bits per heavy atom. The fraction of sp³-hybridized carbons (Fsp3) is 0. The number of para-hydroxylation sites is 3. The first kappa shape index (κ1) is 24.9. The second kappa shape index (κ2) is 9.12. The van der Waals surface area contributed by atoms with Crippen molar-refractivity contribution in [1.29, 1.82) is 0 Å². The summed E-state index contributed by atoms with van der Waals surface area (Å²) >= 11 is 0. The normalized spacial score (nSPS) is 12.3. The summed E-state index contributed by atoms with van der Waals surface area (Å²) in [6.07, 6.45) is 0. The van der Waals surface area contributed by atoms with Crippen LogP contribution in [-0.2, 0) is 0 Å². The molecule has 0 unspecified atom stereocenters. The molecule has 3 aromatic heterocycles. The Morgan fingerprint density at radius 1 is 0.340 bits per heavy atom. The Bertz CT molecular complexity index is 3070. The molecule has 0 saturated heterocycles. The molecule has 0 amide bonds. The van der Waals surface area contributed by atoms with Gasteiger partial charge < -0.3 is 13.6 Å². The SMILES string of the molecule is c1ccc(-n2c3ccccc3c3c4c5ccccc5n(-c5ccc6oc7cc8ccccc8cc7c6c5)c4c4ccccc4c32)cc1. The number of furan rings is 1. The molecule has 3 heteroatoms. The van der Waals surface area contributed by atoms with E-state index in [-0.39, 0.29) is 0 Å². The van der Waals surface area contributed by atoms with Gasteiger partial charge in [-0.3, -0.25) is 0 Å². The smallest absolute Gasteiger partial charge is 0.136 e. The fourth-order valence-electron chi connectivity index (χ4n) is 8.09. The van der Waals surface area contributed by atoms with E-state index < -0.39 is 0 Å². The lowest BCUT2D eigenvalue weighted by molar-refractivity contribution is 0.669. The molecular formula is C44H26N2O. The predicted octanol–water partition coefficient (Wildman–Crippen LogP) is 12.1. The Balaban J connectivity index is 1.34. The van der Waals surface area contributed by atoms with Gasteiger partial charge in [0.15, 0.2) is 0 Å². The third-order valence-electron chi connectivity index (χ3n) is 10.0. The van der Waals surface area contributed by atoms with E-state index in [4.69, 9.17) is 4.42 Å². The Morgan fingerprint density at radius 2 is 0.851 bits per heavy atom. The van der Waals surface area contributed by atoms with E-state index in [2.05, 4.69) is 167 Å². The summed E-state index contributed by atoms with van der Waals surface area (Å²) in [7, 11) is 0. The molecule has 47 heavy (non-hydrogen) atoms. The molecule has 0 fully saturated rings. The first-order valence-corrected chi connectivity index (χ1v) is 16.1. The van der Waals surface area contributed by atoms with Crippen molar-refractivity contribution in [3.8, 4) is 11.4 Å². The summed E-state index contributed by atoms with van der Waals surface area (Å²) in [4.78, 5) is 0. The van der Waals surface area contributed by atoms with Crippen molar-refractivity contribution in [3.63, 3.8) is 0 Å². The molecule has 0 bridgehead atoms. The van der Waals surface area contributed by atoms with Gasteiger partial charge in [-0.25, -0.2) is 0 Å². The van der Waals surface area contributed by atoms with Crippen molar-refractivity contribution in [3.05, 3.63) is 158 Å². The topological polar surface area (TPSA) is 23.0 Å². The first-order chi connectivity index (χ1) is 23.3. The zero-order valence-electron chi connectivity index (χ0n) is 25.3. The van der Waals surface area contributed by atoms with Gasteiger partial charge in [0.25, 0.3) is 0 Å². The van der Waals surface area contributed by atoms with Crippen molar-refractivity contribution < 1.29 is 4.42 Å². The molecule has 3 heterocycles. The Kier molecular flexibility index (Phi) is 4.84. The third kappa shape index (κ3) is 3.30. The maximum absolute atomic E-state index is 6.42. The maximum atomic E-state index is 6.42. The highest BCUT2D eigenvalue weighted by atomic mass is 16.3. The van der Waals surface area contributed by atoms with Gasteiger partial charge in [0, 0.05) is 54.5 Å². The van der Waals surface area contributed by atoms with Crippen LogP contribution in [-0.4, -0.2) is 9.13 Å². The molecule has 0 aliphatic rings. The zero-order chi connectivity index (χ0) is 30.6. The van der Waals surface area contributed by atoms with Crippen molar-refractivity contribution in [2.24, 2.45) is 0 Å². The van der Waals surface area contributed by atoms with Crippen LogP contribution in [0.25, 0.3) is 98.5 Å². The van der Waals surface area contributed by atoms with E-state index >= 15 is 0 Å². The quantitative estimate of drug-likeness (QED) is 0.194. The highest BCUT2D eigenvalue weighted by Crippen LogP contribution is 2.47. The molecule has 218 valence electrons. The highest BCUT2D eigenvalue weighted by Gasteiger charge is 2.24. The number of aromatic nitrogens is 2. The number of nitrogens with zero attached hydrogens (tertiary/aromatic N) is 2. The summed E-state index contributed by atoms with van der Waals surface area (Å²) in [5.74, 6) is 0. The van der Waals surface area contributed by atoms with Crippen LogP contribution < -0.4 is 0 Å². The first-order valence-electron chi connectivity index (χ1n) is 16.1. The van der Waals surface area contributed by atoms with Gasteiger partial charge >= 0.3 is 0 Å². The lowest BCUT2D eigenvalue weighted by Gasteiger charge is -2.13. The van der Waals surface area contributed by atoms with Crippen LogP contribution in [0, 0.1) is 0 Å². The molecule has 0 spiro atoms. The van der Waals surface area contributed by atoms with Crippen LogP contribution in [0.2, 0.25) is 0 Å². The van der Waals surface area contributed by atoms with Gasteiger partial charge in [0.05, 0.1) is 22.1 Å². The monoisotopic (exact) mass is 598 g/mol. The average Bonchev–Trinajstić information content (AvgIpc) is 3.78. The van der Waals surface area contributed by atoms with Crippen molar-refractivity contribution >= 4 is 87.1 Å². The Labute approximate surface area is 269 Å². The molecule has 0 aliphatic carbocycles. The van der Waals surface area contributed by atoms with E-state index in [9.17, 15) is 0 Å². The minimum absolute atomic E-state index is 0.901. The summed E-state index contributed by atoms with van der Waals surface area (Å²) in [5.41, 5.74) is 8.97. The summed E-state index contributed by atoms with van der Waals surface area (Å²) in [6, 6.07) is 57.0. The third-order valence-corrected chi connectivity index (χ3v) is 10.0. The molecule has 8 aromatic carbocycles. The minimum Gasteiger partial charge on any atom is -0.456 e. The van der Waals surface area contributed by atoms with Gasteiger partial charge in [-0.2, -0.15) is 0 Å². The molecule has 11 rings (SSSR count). The highest BCUT2D eigenvalue weighted by molar-refractivity contribution is 6.37. The average molecular weight is 599 g/mol. The number of fused-ring (bicyclic) bond motifs is 14. The molecule has 0 radical (unpaired) electrons. The number of rotatable bonds is 2. The number of benzene rings is 8. The molecule has 0 aliphatic heterocycles. The van der Waals surface area contributed by atoms with Crippen LogP contribution in [0.3, 0.4) is 0 Å². The van der Waals surface area contributed by atoms with Crippen molar-refractivity contribution in [2.75, 3.05) is 0 Å². The van der Waals surface area contributed by atoms with Crippen molar-refractivity contribution in [2.45, 2.75) is 0 Å². The largest absolute Gasteiger partial charge is 0.456 e. The van der Waals surface area contributed by atoms with Gasteiger partial charge in [-0.15, -0.1) is 0 Å². The second-order valence-electron chi connectivity index (χ2n) is 12.5. The molecule has 11 aromatic rings. The van der Waals surface area contributed by atoms with E-state index in [0.717, 1.165) is 33.3 Å². The van der Waals surface area contributed by atoms with E-state index in [1.165, 1.54) is 65.2 Å². The lowest BCUT2D eigenvalue weighted by Crippen LogP contribution is -1.96. The van der Waals surface area contributed by atoms with Crippen LogP contribution in [0.4, 0.5) is 0 Å². The molecule has 3 nitrogen and oxygen atoms in total. The summed E-state index contributed by atoms with van der Waals surface area (Å²) in [6.45, 7) is 0. The van der Waals surface area contributed by atoms with Gasteiger partial charge in [-0.1, -0.05) is 103 Å². The van der Waals surface area contributed by atoms with E-state index in [1.54, 1.807) is 0 Å². The zero-order valence-corrected chi connectivity index (χ0v) is 25.3. The lowest BCUT2D eigenvalue weighted by atomic mass is 9.99. The molecule has 0 saturated carbocycles. The second-order valence-corrected chi connectivity index (χ2v) is 12.5. The molecule has 0 atom stereocenters. The number of hydrogen-bond donors (Lipinski definition) is 0. The van der Waals surface area contributed by atoms with Crippen molar-refractivity contribution in [1.82, 2.24) is 9.13 Å². The van der Waals surface area contributed by atoms with Crippen LogP contribution in [0.1, 0.15) is 0 Å². The van der Waals surface area contributed by atoms with Crippen LogP contribution in [0.15, 0.2) is 162 Å². The summed E-state index contributed by atoms with van der Waals surface area (Å²) < 4.78 is 11.3. The standard InChI is InChI=1S/C44H26N2O/c1-2-14-29(15-3-1)45-37-20-10-8-18-33(37)41-42-34-19-9-11-21-38(34)46(44(42)32-17-7-6-16-31(32)43(41)45)30-22-23-39-36(26-30)35-24-27-12-4-5-13-28(27)25-40(35)47-39/h1-26H. The van der Waals surface area contributed by atoms with E-state index in [1.807, 2.05) is 0 Å². The molecular weight excluding hydrogens is 572 g/mol. The van der Waals surface area contributed by atoms with Crippen LogP contribution >= 0.6 is 0 Å². The fourth-order valence-corrected chi connectivity index (χ4v) is 8.09. The predicted molar refractivity (Wildman–Crippen MR) is 197 cm³/mol. The maximum Gasteiger partial charge on any atom is 0.136 e. The van der Waals surface area contributed by atoms with Crippen LogP contribution in [0.5, 0.6) is 0 Å². The number of hydrogen-bond acceptors (Lipinski definition) is 1.